The Balaban J connectivity index is 2.01. The second-order valence-corrected chi connectivity index (χ2v) is 5.13. The number of hydrogen-bond acceptors (Lipinski definition) is 4. The van der Waals surface area contributed by atoms with Gasteiger partial charge >= 0.3 is 0 Å². The van der Waals surface area contributed by atoms with E-state index in [2.05, 4.69) is 16.4 Å². The highest BCUT2D eigenvalue weighted by Crippen LogP contribution is 2.16. The summed E-state index contributed by atoms with van der Waals surface area (Å²) in [6.45, 7) is 2.93. The molecule has 104 valence electrons. The molecule has 0 aromatic heterocycles. The Hall–Kier alpha value is -1.43. The van der Waals surface area contributed by atoms with Crippen LogP contribution in [-0.4, -0.2) is 29.9 Å². The maximum Gasteiger partial charge on any atom is 0.238 e. The monoisotopic (exact) mass is 262 g/mol. The SMILES string of the molecule is NNC(=O)Cc1ccccc1CN1CCC(N)CC1. The predicted octanol–water partition coefficient (Wildman–Crippen LogP) is 0.142. The number of piperidine rings is 1. The summed E-state index contributed by atoms with van der Waals surface area (Å²) < 4.78 is 0. The normalized spacial score (nSPS) is 17.4. The topological polar surface area (TPSA) is 84.4 Å². The van der Waals surface area contributed by atoms with Gasteiger partial charge in [0.05, 0.1) is 6.42 Å². The molecule has 19 heavy (non-hydrogen) atoms. The summed E-state index contributed by atoms with van der Waals surface area (Å²) in [5.41, 5.74) is 10.3. The molecular weight excluding hydrogens is 240 g/mol. The van der Waals surface area contributed by atoms with Crippen molar-refractivity contribution in [3.8, 4) is 0 Å². The van der Waals surface area contributed by atoms with Crippen molar-refractivity contribution in [1.29, 1.82) is 0 Å². The summed E-state index contributed by atoms with van der Waals surface area (Å²) in [5.74, 6) is 4.99. The highest BCUT2D eigenvalue weighted by atomic mass is 16.2. The van der Waals surface area contributed by atoms with Gasteiger partial charge in [0.25, 0.3) is 0 Å². The minimum atomic E-state index is -0.159. The first kappa shape index (κ1) is 14.0. The first-order chi connectivity index (χ1) is 9.19. The van der Waals surface area contributed by atoms with Gasteiger partial charge in [0.15, 0.2) is 0 Å². The van der Waals surface area contributed by atoms with Crippen molar-refractivity contribution in [1.82, 2.24) is 10.3 Å². The van der Waals surface area contributed by atoms with Crippen LogP contribution in [-0.2, 0) is 17.8 Å². The summed E-state index contributed by atoms with van der Waals surface area (Å²) in [6, 6.07) is 8.37. The largest absolute Gasteiger partial charge is 0.328 e. The van der Waals surface area contributed by atoms with Gasteiger partial charge in [0, 0.05) is 12.6 Å². The predicted molar refractivity (Wildman–Crippen MR) is 75.0 cm³/mol. The standard InChI is InChI=1S/C14H22N4O/c15-13-5-7-18(8-6-13)10-12-4-2-1-3-11(12)9-14(19)17-16/h1-4,13H,5-10,15-16H2,(H,17,19). The van der Waals surface area contributed by atoms with Crippen LogP contribution in [0.4, 0.5) is 0 Å². The molecule has 5 N–H and O–H groups in total. The molecule has 0 atom stereocenters. The van der Waals surface area contributed by atoms with E-state index in [4.69, 9.17) is 11.6 Å². The molecular formula is C14H22N4O. The third kappa shape index (κ3) is 4.02. The Morgan fingerprint density at radius 3 is 2.53 bits per heavy atom. The molecule has 0 bridgehead atoms. The quantitative estimate of drug-likeness (QED) is 0.409. The lowest BCUT2D eigenvalue weighted by Gasteiger charge is -2.30. The number of rotatable bonds is 4. The molecule has 0 unspecified atom stereocenters. The van der Waals surface area contributed by atoms with Crippen molar-refractivity contribution in [3.63, 3.8) is 0 Å². The number of hydrazine groups is 1. The molecule has 0 aliphatic carbocycles. The van der Waals surface area contributed by atoms with Crippen molar-refractivity contribution < 1.29 is 4.79 Å². The third-order valence-electron chi connectivity index (χ3n) is 3.66. The van der Waals surface area contributed by atoms with E-state index in [0.717, 1.165) is 38.0 Å². The number of benzene rings is 1. The van der Waals surface area contributed by atoms with Crippen LogP contribution in [0.1, 0.15) is 24.0 Å². The molecule has 1 aromatic carbocycles. The molecule has 1 aliphatic heterocycles. The Bertz CT molecular complexity index is 427. The van der Waals surface area contributed by atoms with Gasteiger partial charge in [-0.05, 0) is 37.1 Å². The number of nitrogens with zero attached hydrogens (tertiary/aromatic N) is 1. The lowest BCUT2D eigenvalue weighted by Crippen LogP contribution is -2.39. The second kappa shape index (κ2) is 6.65. The van der Waals surface area contributed by atoms with E-state index in [-0.39, 0.29) is 5.91 Å². The van der Waals surface area contributed by atoms with Crippen LogP contribution in [0.15, 0.2) is 24.3 Å². The molecule has 1 aliphatic rings. The highest BCUT2D eigenvalue weighted by molar-refractivity contribution is 5.78. The third-order valence-corrected chi connectivity index (χ3v) is 3.66. The van der Waals surface area contributed by atoms with E-state index in [1.54, 1.807) is 0 Å². The average Bonchev–Trinajstić information content (AvgIpc) is 2.43. The minimum absolute atomic E-state index is 0.159. The van der Waals surface area contributed by atoms with Crippen molar-refractivity contribution in [2.45, 2.75) is 31.8 Å². The molecule has 0 saturated carbocycles. The van der Waals surface area contributed by atoms with Gasteiger partial charge in [-0.2, -0.15) is 0 Å². The summed E-state index contributed by atoms with van der Waals surface area (Å²) >= 11 is 0. The first-order valence-electron chi connectivity index (χ1n) is 6.73. The number of carbonyl (C=O) groups is 1. The van der Waals surface area contributed by atoms with Crippen molar-refractivity contribution in [2.75, 3.05) is 13.1 Å². The zero-order valence-electron chi connectivity index (χ0n) is 11.1. The number of carbonyl (C=O) groups excluding carboxylic acids is 1. The van der Waals surface area contributed by atoms with Crippen LogP contribution in [0, 0.1) is 0 Å². The Kier molecular flexibility index (Phi) is 4.90. The Morgan fingerprint density at radius 1 is 1.26 bits per heavy atom. The molecule has 5 heteroatoms. The van der Waals surface area contributed by atoms with E-state index in [1.165, 1.54) is 5.56 Å². The summed E-state index contributed by atoms with van der Waals surface area (Å²) in [6.07, 6.45) is 2.43. The minimum Gasteiger partial charge on any atom is -0.328 e. The van der Waals surface area contributed by atoms with Crippen LogP contribution in [0.2, 0.25) is 0 Å². The van der Waals surface area contributed by atoms with Gasteiger partial charge in [-0.3, -0.25) is 15.1 Å². The van der Waals surface area contributed by atoms with Crippen LogP contribution in [0.5, 0.6) is 0 Å². The molecule has 1 aromatic rings. The molecule has 2 rings (SSSR count). The van der Waals surface area contributed by atoms with Gasteiger partial charge in [-0.1, -0.05) is 24.3 Å². The van der Waals surface area contributed by atoms with Crippen LogP contribution < -0.4 is 17.0 Å². The lowest BCUT2D eigenvalue weighted by molar-refractivity contribution is -0.120. The summed E-state index contributed by atoms with van der Waals surface area (Å²) in [5, 5.41) is 0. The zero-order valence-corrected chi connectivity index (χ0v) is 11.1. The van der Waals surface area contributed by atoms with Crippen molar-refractivity contribution in [2.24, 2.45) is 11.6 Å². The Morgan fingerprint density at radius 2 is 1.89 bits per heavy atom. The maximum absolute atomic E-state index is 11.4. The Labute approximate surface area is 113 Å². The van der Waals surface area contributed by atoms with Crippen LogP contribution in [0.3, 0.4) is 0 Å². The fourth-order valence-corrected chi connectivity index (χ4v) is 2.46. The molecule has 1 heterocycles. The van der Waals surface area contributed by atoms with Crippen LogP contribution in [0.25, 0.3) is 0 Å². The van der Waals surface area contributed by atoms with E-state index >= 15 is 0 Å². The molecule has 1 fully saturated rings. The number of amides is 1. The number of nitrogens with one attached hydrogen (secondary N) is 1. The number of likely N-dealkylation sites (tertiary alicyclic amines) is 1. The number of hydrogen-bond donors (Lipinski definition) is 3. The first-order valence-corrected chi connectivity index (χ1v) is 6.73. The smallest absolute Gasteiger partial charge is 0.238 e. The maximum atomic E-state index is 11.4. The van der Waals surface area contributed by atoms with Crippen molar-refractivity contribution >= 4 is 5.91 Å². The van der Waals surface area contributed by atoms with E-state index in [0.29, 0.717) is 12.5 Å². The molecule has 1 saturated heterocycles. The molecule has 5 nitrogen and oxygen atoms in total. The highest BCUT2D eigenvalue weighted by Gasteiger charge is 2.17. The van der Waals surface area contributed by atoms with E-state index in [9.17, 15) is 4.79 Å². The molecule has 0 radical (unpaired) electrons. The number of nitrogens with two attached hydrogens (primary N) is 2. The second-order valence-electron chi connectivity index (χ2n) is 5.13. The van der Waals surface area contributed by atoms with E-state index in [1.807, 2.05) is 18.2 Å². The van der Waals surface area contributed by atoms with Crippen LogP contribution >= 0.6 is 0 Å². The zero-order chi connectivity index (χ0) is 13.7. The molecule has 1 amide bonds. The van der Waals surface area contributed by atoms with Crippen molar-refractivity contribution in [3.05, 3.63) is 35.4 Å². The van der Waals surface area contributed by atoms with Gasteiger partial charge in [0.1, 0.15) is 0 Å². The summed E-state index contributed by atoms with van der Waals surface area (Å²) in [7, 11) is 0. The fraction of sp³-hybridized carbons (Fsp3) is 0.500. The average molecular weight is 262 g/mol. The van der Waals surface area contributed by atoms with Gasteiger partial charge in [-0.25, -0.2) is 5.84 Å². The van der Waals surface area contributed by atoms with Gasteiger partial charge in [0.2, 0.25) is 5.91 Å². The lowest BCUT2D eigenvalue weighted by atomic mass is 10.0. The fourth-order valence-electron chi connectivity index (χ4n) is 2.46. The van der Waals surface area contributed by atoms with E-state index < -0.39 is 0 Å². The van der Waals surface area contributed by atoms with Gasteiger partial charge < -0.3 is 5.73 Å². The van der Waals surface area contributed by atoms with Gasteiger partial charge in [-0.15, -0.1) is 0 Å². The molecule has 0 spiro atoms. The summed E-state index contributed by atoms with van der Waals surface area (Å²) in [4.78, 5) is 13.8.